The highest BCUT2D eigenvalue weighted by molar-refractivity contribution is 7.99. The number of hydrogen-bond acceptors (Lipinski definition) is 7. The Balaban J connectivity index is 1.53. The molecule has 1 heterocycles. The van der Waals surface area contributed by atoms with Crippen molar-refractivity contribution in [2.75, 3.05) is 29.5 Å². The average molecular weight is 450 g/mol. The fourth-order valence-electron chi connectivity index (χ4n) is 2.96. The summed E-state index contributed by atoms with van der Waals surface area (Å²) in [6.07, 6.45) is 0.417. The second-order valence-electron chi connectivity index (χ2n) is 6.57. The molecular weight excluding hydrogens is 425 g/mol. The van der Waals surface area contributed by atoms with E-state index in [9.17, 15) is 12.8 Å². The third-order valence-electron chi connectivity index (χ3n) is 4.61. The predicted octanol–water partition coefficient (Wildman–Crippen LogP) is 4.68. The number of thioether (sulfide) groups is 1. The van der Waals surface area contributed by atoms with Crippen LogP contribution in [-0.4, -0.2) is 43.2 Å². The van der Waals surface area contributed by atoms with Crippen LogP contribution in [0.15, 0.2) is 63.1 Å². The Kier molecular flexibility index (Phi) is 7.49. The lowest BCUT2D eigenvalue weighted by Crippen LogP contribution is -2.21. The summed E-state index contributed by atoms with van der Waals surface area (Å²) in [5.41, 5.74) is 1.98. The molecule has 0 N–H and O–H groups in total. The maximum absolute atomic E-state index is 13.0. The number of nitrogens with zero attached hydrogens (tertiary/aromatic N) is 3. The van der Waals surface area contributed by atoms with Gasteiger partial charge in [0.25, 0.3) is 5.22 Å². The van der Waals surface area contributed by atoms with Crippen molar-refractivity contribution in [3.8, 4) is 11.5 Å². The standard InChI is InChI=1S/C21H24FN3O3S2/c1-3-25(4-2)18-10-6-16(7-11-18)20-23-24-21(28-20)29-14-5-15-30(26,27)19-12-8-17(22)9-13-19/h6-13H,3-5,14-15H2,1-2H3. The number of sulfone groups is 1. The van der Waals surface area contributed by atoms with E-state index in [1.165, 1.54) is 23.9 Å². The first kappa shape index (κ1) is 22.3. The van der Waals surface area contributed by atoms with Gasteiger partial charge in [0.2, 0.25) is 5.89 Å². The number of benzene rings is 2. The Hall–Kier alpha value is -2.39. The van der Waals surface area contributed by atoms with E-state index in [4.69, 9.17) is 4.42 Å². The van der Waals surface area contributed by atoms with Gasteiger partial charge in [-0.25, -0.2) is 12.8 Å². The van der Waals surface area contributed by atoms with Gasteiger partial charge in [-0.15, -0.1) is 10.2 Å². The average Bonchev–Trinajstić information content (AvgIpc) is 3.22. The van der Waals surface area contributed by atoms with Crippen molar-refractivity contribution in [3.63, 3.8) is 0 Å². The zero-order chi connectivity index (χ0) is 21.6. The zero-order valence-corrected chi connectivity index (χ0v) is 18.5. The van der Waals surface area contributed by atoms with E-state index in [1.807, 2.05) is 24.3 Å². The third kappa shape index (κ3) is 5.60. The Morgan fingerprint density at radius 2 is 1.67 bits per heavy atom. The normalized spacial score (nSPS) is 11.6. The smallest absolute Gasteiger partial charge is 0.276 e. The third-order valence-corrected chi connectivity index (χ3v) is 7.33. The Labute approximate surface area is 180 Å². The molecule has 0 unspecified atom stereocenters. The molecular formula is C21H24FN3O3S2. The fraction of sp³-hybridized carbons (Fsp3) is 0.333. The molecule has 3 aromatic rings. The minimum absolute atomic E-state index is 0.0283. The molecule has 0 amide bonds. The van der Waals surface area contributed by atoms with Crippen LogP contribution in [0, 0.1) is 5.82 Å². The van der Waals surface area contributed by atoms with Crippen molar-refractivity contribution in [1.82, 2.24) is 10.2 Å². The van der Waals surface area contributed by atoms with Gasteiger partial charge in [0.1, 0.15) is 5.82 Å². The van der Waals surface area contributed by atoms with Gasteiger partial charge in [0, 0.05) is 30.1 Å². The van der Waals surface area contributed by atoms with Gasteiger partial charge < -0.3 is 9.32 Å². The quantitative estimate of drug-likeness (QED) is 0.253. The molecule has 0 spiro atoms. The van der Waals surface area contributed by atoms with Gasteiger partial charge in [-0.1, -0.05) is 11.8 Å². The molecule has 2 aromatic carbocycles. The molecule has 160 valence electrons. The molecule has 9 heteroatoms. The summed E-state index contributed by atoms with van der Waals surface area (Å²) in [4.78, 5) is 2.38. The fourth-order valence-corrected chi connectivity index (χ4v) is 5.15. The van der Waals surface area contributed by atoms with Crippen LogP contribution in [0.3, 0.4) is 0 Å². The largest absolute Gasteiger partial charge is 0.411 e. The van der Waals surface area contributed by atoms with Crippen molar-refractivity contribution in [1.29, 1.82) is 0 Å². The molecule has 3 rings (SSSR count). The summed E-state index contributed by atoms with van der Waals surface area (Å²) in [5, 5.41) is 8.51. The molecule has 0 bridgehead atoms. The van der Waals surface area contributed by atoms with E-state index in [0.29, 0.717) is 23.3 Å². The molecule has 0 aliphatic carbocycles. The lowest BCUT2D eigenvalue weighted by atomic mass is 10.2. The summed E-state index contributed by atoms with van der Waals surface area (Å²) in [6, 6.07) is 12.8. The molecule has 0 aliphatic rings. The summed E-state index contributed by atoms with van der Waals surface area (Å²) < 4.78 is 43.2. The number of rotatable bonds is 10. The van der Waals surface area contributed by atoms with Crippen LogP contribution in [-0.2, 0) is 9.84 Å². The number of anilines is 1. The lowest BCUT2D eigenvalue weighted by molar-refractivity contribution is 0.466. The van der Waals surface area contributed by atoms with Crippen LogP contribution < -0.4 is 4.90 Å². The second-order valence-corrected chi connectivity index (χ2v) is 9.72. The molecule has 0 fully saturated rings. The van der Waals surface area contributed by atoms with Crippen LogP contribution >= 0.6 is 11.8 Å². The molecule has 30 heavy (non-hydrogen) atoms. The van der Waals surface area contributed by atoms with E-state index in [-0.39, 0.29) is 10.6 Å². The van der Waals surface area contributed by atoms with Crippen LogP contribution in [0.2, 0.25) is 0 Å². The number of hydrogen-bond donors (Lipinski definition) is 0. The van der Waals surface area contributed by atoms with Crippen LogP contribution in [0.25, 0.3) is 11.5 Å². The predicted molar refractivity (Wildman–Crippen MR) is 117 cm³/mol. The SMILES string of the molecule is CCN(CC)c1ccc(-c2nnc(SCCCS(=O)(=O)c3ccc(F)cc3)o2)cc1. The van der Waals surface area contributed by atoms with Crippen LogP contribution in [0.4, 0.5) is 10.1 Å². The summed E-state index contributed by atoms with van der Waals surface area (Å²) in [5.74, 6) is 0.463. The first-order chi connectivity index (χ1) is 14.4. The van der Waals surface area contributed by atoms with Gasteiger partial charge in [-0.05, 0) is 68.8 Å². The first-order valence-corrected chi connectivity index (χ1v) is 12.4. The van der Waals surface area contributed by atoms with Gasteiger partial charge in [0.05, 0.1) is 10.6 Å². The van der Waals surface area contributed by atoms with Gasteiger partial charge in [-0.2, -0.15) is 0 Å². The Morgan fingerprint density at radius 1 is 1.00 bits per heavy atom. The number of aromatic nitrogens is 2. The maximum atomic E-state index is 13.0. The monoisotopic (exact) mass is 449 g/mol. The molecule has 0 radical (unpaired) electrons. The van der Waals surface area contributed by atoms with Crippen molar-refractivity contribution in [3.05, 3.63) is 54.3 Å². The minimum atomic E-state index is -3.44. The van der Waals surface area contributed by atoms with Crippen LogP contribution in [0.1, 0.15) is 20.3 Å². The van der Waals surface area contributed by atoms with E-state index < -0.39 is 15.7 Å². The van der Waals surface area contributed by atoms with Crippen LogP contribution in [0.5, 0.6) is 0 Å². The number of halogens is 1. The second kappa shape index (κ2) is 10.1. The molecule has 0 atom stereocenters. The van der Waals surface area contributed by atoms with Crippen molar-refractivity contribution in [2.24, 2.45) is 0 Å². The molecule has 6 nitrogen and oxygen atoms in total. The summed E-state index contributed by atoms with van der Waals surface area (Å²) in [7, 11) is -3.44. The van der Waals surface area contributed by atoms with E-state index in [0.717, 1.165) is 36.5 Å². The van der Waals surface area contributed by atoms with Gasteiger partial charge >= 0.3 is 0 Å². The van der Waals surface area contributed by atoms with Crippen molar-refractivity contribution >= 4 is 27.3 Å². The zero-order valence-electron chi connectivity index (χ0n) is 16.9. The Morgan fingerprint density at radius 3 is 2.30 bits per heavy atom. The first-order valence-electron chi connectivity index (χ1n) is 9.73. The lowest BCUT2D eigenvalue weighted by Gasteiger charge is -2.20. The van der Waals surface area contributed by atoms with Gasteiger partial charge in [0.15, 0.2) is 9.84 Å². The Bertz CT molecular complexity index is 1050. The highest BCUT2D eigenvalue weighted by atomic mass is 32.2. The highest BCUT2D eigenvalue weighted by Gasteiger charge is 2.15. The highest BCUT2D eigenvalue weighted by Crippen LogP contribution is 2.26. The maximum Gasteiger partial charge on any atom is 0.276 e. The summed E-state index contributed by atoms with van der Waals surface area (Å²) >= 11 is 1.32. The van der Waals surface area contributed by atoms with Crippen molar-refractivity contribution in [2.45, 2.75) is 30.4 Å². The topological polar surface area (TPSA) is 76.3 Å². The van der Waals surface area contributed by atoms with E-state index in [2.05, 4.69) is 28.9 Å². The van der Waals surface area contributed by atoms with Crippen molar-refractivity contribution < 1.29 is 17.2 Å². The van der Waals surface area contributed by atoms with Gasteiger partial charge in [-0.3, -0.25) is 0 Å². The molecule has 0 saturated carbocycles. The molecule has 1 aromatic heterocycles. The van der Waals surface area contributed by atoms with E-state index >= 15 is 0 Å². The van der Waals surface area contributed by atoms with E-state index in [1.54, 1.807) is 0 Å². The molecule has 0 saturated heterocycles. The summed E-state index contributed by atoms with van der Waals surface area (Å²) in [6.45, 7) is 6.11. The molecule has 0 aliphatic heterocycles. The minimum Gasteiger partial charge on any atom is -0.411 e.